The van der Waals surface area contributed by atoms with Gasteiger partial charge in [-0.15, -0.1) is 0 Å². The summed E-state index contributed by atoms with van der Waals surface area (Å²) >= 11 is 5.81. The fraction of sp³-hybridized carbons (Fsp3) is 0.444. The molecule has 0 radical (unpaired) electrons. The minimum absolute atomic E-state index is 0.0119. The van der Waals surface area contributed by atoms with Gasteiger partial charge in [-0.3, -0.25) is 4.79 Å². The van der Waals surface area contributed by atoms with E-state index in [1.807, 2.05) is 0 Å². The maximum atomic E-state index is 11.5. The van der Waals surface area contributed by atoms with E-state index >= 15 is 0 Å². The molecule has 0 saturated carbocycles. The van der Waals surface area contributed by atoms with Crippen molar-refractivity contribution < 1.29 is 0 Å². The molecule has 1 aromatic heterocycles. The van der Waals surface area contributed by atoms with Gasteiger partial charge >= 0.3 is 0 Å². The third-order valence-corrected chi connectivity index (χ3v) is 2.08. The van der Waals surface area contributed by atoms with Gasteiger partial charge in [-0.25, -0.2) is 0 Å². The van der Waals surface area contributed by atoms with Crippen LogP contribution in [0.3, 0.4) is 0 Å². The third-order valence-electron chi connectivity index (χ3n) is 1.87. The first-order chi connectivity index (χ1) is 6.15. The van der Waals surface area contributed by atoms with E-state index in [1.54, 1.807) is 19.3 Å². The summed E-state index contributed by atoms with van der Waals surface area (Å²) in [6.45, 7) is 0.593. The number of hydrogen-bond donors (Lipinski definition) is 1. The Labute approximate surface area is 82.1 Å². The Morgan fingerprint density at radius 3 is 2.92 bits per heavy atom. The van der Waals surface area contributed by atoms with Crippen LogP contribution in [0, 0.1) is 0 Å². The molecule has 1 aromatic rings. The molecule has 0 aliphatic rings. The van der Waals surface area contributed by atoms with Crippen molar-refractivity contribution in [2.24, 2.45) is 12.8 Å². The van der Waals surface area contributed by atoms with Crippen molar-refractivity contribution in [3.8, 4) is 0 Å². The highest BCUT2D eigenvalue weighted by Crippen LogP contribution is 2.07. The zero-order chi connectivity index (χ0) is 9.84. The number of nitrogens with two attached hydrogens (primary N) is 1. The summed E-state index contributed by atoms with van der Waals surface area (Å²) in [4.78, 5) is 11.5. The zero-order valence-corrected chi connectivity index (χ0v) is 8.34. The van der Waals surface area contributed by atoms with Crippen LogP contribution in [-0.4, -0.2) is 11.1 Å². The van der Waals surface area contributed by atoms with Crippen LogP contribution in [-0.2, 0) is 13.5 Å². The van der Waals surface area contributed by atoms with Crippen LogP contribution in [0.15, 0.2) is 17.1 Å². The van der Waals surface area contributed by atoms with Crippen molar-refractivity contribution in [2.75, 3.05) is 6.54 Å². The van der Waals surface area contributed by atoms with Crippen LogP contribution >= 0.6 is 11.6 Å². The highest BCUT2D eigenvalue weighted by Gasteiger charge is 2.02. The smallest absolute Gasteiger partial charge is 0.253 e. The Bertz CT molecular complexity index is 346. The number of aromatic nitrogens is 1. The van der Waals surface area contributed by atoms with Crippen molar-refractivity contribution >= 4 is 11.6 Å². The van der Waals surface area contributed by atoms with E-state index in [1.165, 1.54) is 4.57 Å². The van der Waals surface area contributed by atoms with E-state index in [2.05, 4.69) is 0 Å². The zero-order valence-electron chi connectivity index (χ0n) is 7.59. The Morgan fingerprint density at radius 2 is 2.31 bits per heavy atom. The molecule has 0 spiro atoms. The fourth-order valence-electron chi connectivity index (χ4n) is 1.21. The van der Waals surface area contributed by atoms with Gasteiger partial charge in [0.1, 0.15) is 0 Å². The van der Waals surface area contributed by atoms with Gasteiger partial charge < -0.3 is 10.3 Å². The number of pyridine rings is 1. The molecule has 1 heterocycles. The maximum absolute atomic E-state index is 11.5. The lowest BCUT2D eigenvalue weighted by atomic mass is 10.1. The van der Waals surface area contributed by atoms with Gasteiger partial charge in [0, 0.05) is 18.8 Å². The van der Waals surface area contributed by atoms with Crippen LogP contribution in [0.5, 0.6) is 0 Å². The molecule has 0 bridgehead atoms. The lowest BCUT2D eigenvalue weighted by molar-refractivity contribution is 0.783. The predicted octanol–water partition coefficient (Wildman–Crippen LogP) is 0.930. The van der Waals surface area contributed by atoms with E-state index in [4.69, 9.17) is 17.3 Å². The summed E-state index contributed by atoms with van der Waals surface area (Å²) in [6.07, 6.45) is 3.12. The van der Waals surface area contributed by atoms with Gasteiger partial charge in [0.15, 0.2) is 0 Å². The van der Waals surface area contributed by atoms with Gasteiger partial charge in [0.2, 0.25) is 0 Å². The highest BCUT2D eigenvalue weighted by atomic mass is 35.5. The Morgan fingerprint density at radius 1 is 1.62 bits per heavy atom. The molecular formula is C9H13ClN2O. The monoisotopic (exact) mass is 200 g/mol. The molecule has 13 heavy (non-hydrogen) atoms. The van der Waals surface area contributed by atoms with E-state index in [0.717, 1.165) is 12.0 Å². The molecule has 72 valence electrons. The van der Waals surface area contributed by atoms with Crippen LogP contribution in [0.4, 0.5) is 0 Å². The first-order valence-corrected chi connectivity index (χ1v) is 4.58. The molecule has 0 aromatic carbocycles. The molecule has 2 N–H and O–H groups in total. The molecule has 0 amide bonds. The van der Waals surface area contributed by atoms with Crippen LogP contribution in [0.25, 0.3) is 0 Å². The summed E-state index contributed by atoms with van der Waals surface area (Å²) in [5.41, 5.74) is 6.11. The minimum Gasteiger partial charge on any atom is -0.330 e. The number of halogens is 1. The first kappa shape index (κ1) is 10.3. The number of hydrogen-bond acceptors (Lipinski definition) is 2. The second-order valence-electron chi connectivity index (χ2n) is 2.99. The molecule has 4 heteroatoms. The van der Waals surface area contributed by atoms with Crippen LogP contribution in [0.2, 0.25) is 5.02 Å². The average Bonchev–Trinajstić information content (AvgIpc) is 2.09. The van der Waals surface area contributed by atoms with Crippen molar-refractivity contribution in [3.63, 3.8) is 0 Å². The van der Waals surface area contributed by atoms with Crippen molar-refractivity contribution in [1.29, 1.82) is 0 Å². The van der Waals surface area contributed by atoms with Crippen LogP contribution < -0.4 is 11.3 Å². The molecule has 0 fully saturated rings. The van der Waals surface area contributed by atoms with Gasteiger partial charge in [-0.2, -0.15) is 0 Å². The van der Waals surface area contributed by atoms with Crippen molar-refractivity contribution in [1.82, 2.24) is 4.57 Å². The predicted molar refractivity (Wildman–Crippen MR) is 54.1 cm³/mol. The quantitative estimate of drug-likeness (QED) is 0.789. The molecule has 0 aliphatic heterocycles. The third kappa shape index (κ3) is 2.57. The van der Waals surface area contributed by atoms with Gasteiger partial charge in [0.05, 0.1) is 5.02 Å². The summed E-state index contributed by atoms with van der Waals surface area (Å²) in [6, 6.07) is 1.71. The molecule has 0 saturated heterocycles. The average molecular weight is 201 g/mol. The standard InChI is InChI=1S/C9H13ClN2O/c1-12-6-8(10)5-7(9(12)13)3-2-4-11/h5-6H,2-4,11H2,1H3. The van der Waals surface area contributed by atoms with Crippen LogP contribution in [0.1, 0.15) is 12.0 Å². The van der Waals surface area contributed by atoms with Gasteiger partial charge in [-0.05, 0) is 25.5 Å². The van der Waals surface area contributed by atoms with Crippen molar-refractivity contribution in [2.45, 2.75) is 12.8 Å². The fourth-order valence-corrected chi connectivity index (χ4v) is 1.49. The Kier molecular flexibility index (Phi) is 3.51. The van der Waals surface area contributed by atoms with E-state index < -0.39 is 0 Å². The number of nitrogens with zero attached hydrogens (tertiary/aromatic N) is 1. The summed E-state index contributed by atoms with van der Waals surface area (Å²) in [5.74, 6) is 0. The summed E-state index contributed by atoms with van der Waals surface area (Å²) < 4.78 is 1.49. The lowest BCUT2D eigenvalue weighted by Crippen LogP contribution is -2.20. The SMILES string of the molecule is Cn1cc(Cl)cc(CCCN)c1=O. The highest BCUT2D eigenvalue weighted by molar-refractivity contribution is 6.30. The molecule has 0 aliphatic carbocycles. The Balaban J connectivity index is 2.99. The normalized spacial score (nSPS) is 10.4. The first-order valence-electron chi connectivity index (χ1n) is 4.20. The minimum atomic E-state index is 0.0119. The second-order valence-corrected chi connectivity index (χ2v) is 3.43. The van der Waals surface area contributed by atoms with Gasteiger partial charge in [0.25, 0.3) is 5.56 Å². The Hall–Kier alpha value is -0.800. The van der Waals surface area contributed by atoms with E-state index in [-0.39, 0.29) is 5.56 Å². The van der Waals surface area contributed by atoms with E-state index in [0.29, 0.717) is 18.0 Å². The molecule has 3 nitrogen and oxygen atoms in total. The molecule has 0 unspecified atom stereocenters. The number of rotatable bonds is 3. The van der Waals surface area contributed by atoms with E-state index in [9.17, 15) is 4.79 Å². The molecule has 0 atom stereocenters. The lowest BCUT2D eigenvalue weighted by Gasteiger charge is -2.03. The van der Waals surface area contributed by atoms with Gasteiger partial charge in [-0.1, -0.05) is 11.6 Å². The summed E-state index contributed by atoms with van der Waals surface area (Å²) in [5, 5.41) is 0.592. The molecule has 1 rings (SSSR count). The molecular weight excluding hydrogens is 188 g/mol. The maximum Gasteiger partial charge on any atom is 0.253 e. The topological polar surface area (TPSA) is 48.0 Å². The second kappa shape index (κ2) is 4.44. The van der Waals surface area contributed by atoms with Crippen molar-refractivity contribution in [3.05, 3.63) is 33.2 Å². The number of aryl methyl sites for hydroxylation is 2. The largest absolute Gasteiger partial charge is 0.330 e. The summed E-state index contributed by atoms with van der Waals surface area (Å²) in [7, 11) is 1.69.